The van der Waals surface area contributed by atoms with Crippen molar-refractivity contribution in [3.8, 4) is 12.3 Å². The Morgan fingerprint density at radius 2 is 2.23 bits per heavy atom. The molecule has 4 nitrogen and oxygen atoms in total. The van der Waals surface area contributed by atoms with Crippen molar-refractivity contribution < 1.29 is 14.7 Å². The molecule has 0 bridgehead atoms. The minimum absolute atomic E-state index is 0.0465. The molecule has 0 aromatic rings. The third-order valence-corrected chi connectivity index (χ3v) is 1.72. The second-order valence-corrected chi connectivity index (χ2v) is 2.73. The summed E-state index contributed by atoms with van der Waals surface area (Å²) < 4.78 is 0. The second-order valence-electron chi connectivity index (χ2n) is 2.73. The van der Waals surface area contributed by atoms with Crippen LogP contribution in [0.1, 0.15) is 19.8 Å². The van der Waals surface area contributed by atoms with E-state index in [9.17, 15) is 9.59 Å². The van der Waals surface area contributed by atoms with Gasteiger partial charge in [-0.3, -0.25) is 9.59 Å². The topological polar surface area (TPSA) is 66.4 Å². The largest absolute Gasteiger partial charge is 0.481 e. The minimum atomic E-state index is -0.859. The summed E-state index contributed by atoms with van der Waals surface area (Å²) in [5, 5.41) is 10.9. The van der Waals surface area contributed by atoms with Crippen molar-refractivity contribution in [2.24, 2.45) is 5.92 Å². The van der Waals surface area contributed by atoms with Gasteiger partial charge in [0.05, 0.1) is 0 Å². The average Bonchev–Trinajstić information content (AvgIpc) is 2.10. The molecule has 1 amide bonds. The standard InChI is InChI=1S/C9H13NO3/c1-3-7(5-9(12)13)6-10-8(11)4-2/h2,7H,3,5-6H2,1H3,(H,10,11)(H,12,13). The molecule has 0 aliphatic heterocycles. The number of amides is 1. The van der Waals surface area contributed by atoms with E-state index in [1.807, 2.05) is 12.8 Å². The van der Waals surface area contributed by atoms with E-state index in [0.29, 0.717) is 13.0 Å². The van der Waals surface area contributed by atoms with Crippen LogP contribution in [0.25, 0.3) is 0 Å². The lowest BCUT2D eigenvalue weighted by Gasteiger charge is -2.11. The summed E-state index contributed by atoms with van der Waals surface area (Å²) in [5.74, 6) is 0.498. The van der Waals surface area contributed by atoms with Crippen molar-refractivity contribution in [1.29, 1.82) is 0 Å². The molecule has 0 rings (SSSR count). The van der Waals surface area contributed by atoms with Gasteiger partial charge in [-0.2, -0.15) is 0 Å². The van der Waals surface area contributed by atoms with Crippen molar-refractivity contribution in [3.05, 3.63) is 0 Å². The van der Waals surface area contributed by atoms with Crippen molar-refractivity contribution in [1.82, 2.24) is 5.32 Å². The molecule has 0 fully saturated rings. The molecule has 72 valence electrons. The van der Waals surface area contributed by atoms with Gasteiger partial charge in [0.2, 0.25) is 0 Å². The first-order valence-corrected chi connectivity index (χ1v) is 4.06. The lowest BCUT2D eigenvalue weighted by atomic mass is 10.0. The number of nitrogens with one attached hydrogen (secondary N) is 1. The monoisotopic (exact) mass is 183 g/mol. The summed E-state index contributed by atoms with van der Waals surface area (Å²) in [6, 6.07) is 0. The molecule has 1 atom stereocenters. The molecule has 0 spiro atoms. The van der Waals surface area contributed by atoms with Crippen molar-refractivity contribution in [2.45, 2.75) is 19.8 Å². The van der Waals surface area contributed by atoms with E-state index in [0.717, 1.165) is 0 Å². The van der Waals surface area contributed by atoms with E-state index in [1.165, 1.54) is 0 Å². The van der Waals surface area contributed by atoms with Crippen LogP contribution in [0.4, 0.5) is 0 Å². The number of carbonyl (C=O) groups excluding carboxylic acids is 1. The lowest BCUT2D eigenvalue weighted by molar-refractivity contribution is -0.138. The third kappa shape index (κ3) is 5.74. The Balaban J connectivity index is 3.80. The van der Waals surface area contributed by atoms with E-state index in [4.69, 9.17) is 11.5 Å². The maximum Gasteiger partial charge on any atom is 0.303 e. The Morgan fingerprint density at radius 3 is 2.62 bits per heavy atom. The fourth-order valence-electron chi connectivity index (χ4n) is 0.896. The minimum Gasteiger partial charge on any atom is -0.481 e. The van der Waals surface area contributed by atoms with E-state index in [-0.39, 0.29) is 12.3 Å². The zero-order valence-corrected chi connectivity index (χ0v) is 7.54. The molecule has 0 aliphatic carbocycles. The van der Waals surface area contributed by atoms with Crippen LogP contribution in [0, 0.1) is 18.3 Å². The molecule has 0 aromatic carbocycles. The summed E-state index contributed by atoms with van der Waals surface area (Å²) >= 11 is 0. The summed E-state index contributed by atoms with van der Waals surface area (Å²) in [5.41, 5.74) is 0. The zero-order valence-electron chi connectivity index (χ0n) is 7.54. The Labute approximate surface area is 77.3 Å². The van der Waals surface area contributed by atoms with Crippen LogP contribution in [0.15, 0.2) is 0 Å². The molecule has 0 heterocycles. The van der Waals surface area contributed by atoms with Crippen LogP contribution >= 0.6 is 0 Å². The van der Waals surface area contributed by atoms with Gasteiger partial charge in [-0.15, -0.1) is 6.42 Å². The Bertz CT molecular complexity index is 230. The Morgan fingerprint density at radius 1 is 1.62 bits per heavy atom. The van der Waals surface area contributed by atoms with E-state index in [2.05, 4.69) is 5.32 Å². The Kier molecular flexibility index (Phi) is 5.37. The molecule has 2 N–H and O–H groups in total. The van der Waals surface area contributed by atoms with E-state index in [1.54, 1.807) is 0 Å². The first-order chi connectivity index (χ1) is 6.10. The van der Waals surface area contributed by atoms with Crippen molar-refractivity contribution >= 4 is 11.9 Å². The van der Waals surface area contributed by atoms with Crippen molar-refractivity contribution in [2.75, 3.05) is 6.54 Å². The van der Waals surface area contributed by atoms with Gasteiger partial charge in [-0.25, -0.2) is 0 Å². The molecule has 1 unspecified atom stereocenters. The summed E-state index contributed by atoms with van der Waals surface area (Å²) in [6.07, 6.45) is 5.59. The maximum absolute atomic E-state index is 10.6. The van der Waals surface area contributed by atoms with Crippen LogP contribution in [0.3, 0.4) is 0 Å². The molecular weight excluding hydrogens is 170 g/mol. The highest BCUT2D eigenvalue weighted by atomic mass is 16.4. The summed E-state index contributed by atoms with van der Waals surface area (Å²) in [4.78, 5) is 21.0. The first-order valence-electron chi connectivity index (χ1n) is 4.06. The fraction of sp³-hybridized carbons (Fsp3) is 0.556. The van der Waals surface area contributed by atoms with Gasteiger partial charge < -0.3 is 10.4 Å². The number of aliphatic carboxylic acids is 1. The van der Waals surface area contributed by atoms with Crippen LogP contribution in [0.5, 0.6) is 0 Å². The van der Waals surface area contributed by atoms with Crippen LogP contribution in [-0.4, -0.2) is 23.5 Å². The smallest absolute Gasteiger partial charge is 0.303 e. The Hall–Kier alpha value is -1.50. The first kappa shape index (κ1) is 11.5. The van der Waals surface area contributed by atoms with Gasteiger partial charge in [-0.05, 0) is 11.8 Å². The van der Waals surface area contributed by atoms with Gasteiger partial charge in [0.15, 0.2) is 0 Å². The fourth-order valence-corrected chi connectivity index (χ4v) is 0.896. The molecule has 13 heavy (non-hydrogen) atoms. The summed E-state index contributed by atoms with van der Waals surface area (Å²) in [7, 11) is 0. The van der Waals surface area contributed by atoms with Gasteiger partial charge in [0.1, 0.15) is 0 Å². The van der Waals surface area contributed by atoms with E-state index < -0.39 is 11.9 Å². The average molecular weight is 183 g/mol. The second kappa shape index (κ2) is 6.06. The van der Waals surface area contributed by atoms with Gasteiger partial charge in [0, 0.05) is 13.0 Å². The maximum atomic E-state index is 10.6. The number of rotatable bonds is 5. The molecule has 0 aromatic heterocycles. The SMILES string of the molecule is C#CC(=O)NCC(CC)CC(=O)O. The molecular formula is C9H13NO3. The summed E-state index contributed by atoms with van der Waals surface area (Å²) in [6.45, 7) is 2.20. The number of carbonyl (C=O) groups is 2. The number of hydrogen-bond acceptors (Lipinski definition) is 2. The quantitative estimate of drug-likeness (QED) is 0.600. The predicted octanol–water partition coefficient (Wildman–Crippen LogP) is 0.237. The highest BCUT2D eigenvalue weighted by molar-refractivity contribution is 5.92. The zero-order chi connectivity index (χ0) is 10.3. The van der Waals surface area contributed by atoms with Crippen LogP contribution < -0.4 is 5.32 Å². The highest BCUT2D eigenvalue weighted by Gasteiger charge is 2.11. The molecule has 0 aliphatic rings. The van der Waals surface area contributed by atoms with Crippen LogP contribution in [-0.2, 0) is 9.59 Å². The van der Waals surface area contributed by atoms with Crippen molar-refractivity contribution in [3.63, 3.8) is 0 Å². The van der Waals surface area contributed by atoms with Gasteiger partial charge >= 0.3 is 5.97 Å². The normalized spacial score (nSPS) is 11.4. The molecule has 0 saturated carbocycles. The number of carboxylic acid groups (broad SMARTS) is 1. The lowest BCUT2D eigenvalue weighted by Crippen LogP contribution is -2.28. The molecule has 0 saturated heterocycles. The number of hydrogen-bond donors (Lipinski definition) is 2. The van der Waals surface area contributed by atoms with Gasteiger partial charge in [0.25, 0.3) is 5.91 Å². The highest BCUT2D eigenvalue weighted by Crippen LogP contribution is 2.05. The molecule has 0 radical (unpaired) electrons. The van der Waals surface area contributed by atoms with E-state index >= 15 is 0 Å². The number of terminal acetylenes is 1. The molecule has 4 heteroatoms. The predicted molar refractivity (Wildman–Crippen MR) is 47.9 cm³/mol. The third-order valence-electron chi connectivity index (χ3n) is 1.72. The van der Waals surface area contributed by atoms with Gasteiger partial charge in [-0.1, -0.05) is 13.3 Å². The van der Waals surface area contributed by atoms with Crippen LogP contribution in [0.2, 0.25) is 0 Å². The number of carboxylic acids is 1.